The van der Waals surface area contributed by atoms with Crippen molar-refractivity contribution in [3.8, 4) is 0 Å². The summed E-state index contributed by atoms with van der Waals surface area (Å²) in [6, 6.07) is 26.1. The van der Waals surface area contributed by atoms with Crippen LogP contribution < -0.4 is 0 Å². The van der Waals surface area contributed by atoms with Gasteiger partial charge in [0.15, 0.2) is 6.29 Å². The van der Waals surface area contributed by atoms with Gasteiger partial charge in [-0.3, -0.25) is 9.78 Å². The van der Waals surface area contributed by atoms with Crippen molar-refractivity contribution >= 4 is 38.9 Å². The van der Waals surface area contributed by atoms with E-state index < -0.39 is 0 Å². The minimum atomic E-state index is 0.480. The second-order valence-corrected chi connectivity index (χ2v) is 6.36. The maximum atomic E-state index is 10.4. The van der Waals surface area contributed by atoms with Crippen LogP contribution in [0, 0.1) is 6.92 Å². The molecule has 0 aliphatic carbocycles. The van der Waals surface area contributed by atoms with Gasteiger partial charge in [-0.1, -0.05) is 60.7 Å². The highest BCUT2D eigenvalue weighted by atomic mass is 16.1. The smallest absolute Gasteiger partial charge is 0.168 e. The van der Waals surface area contributed by atoms with Gasteiger partial charge in [0.25, 0.3) is 0 Å². The summed E-state index contributed by atoms with van der Waals surface area (Å²) in [7, 11) is 0. The van der Waals surface area contributed by atoms with Crippen LogP contribution in [0.2, 0.25) is 0 Å². The van der Waals surface area contributed by atoms with Gasteiger partial charge in [0, 0.05) is 22.4 Å². The van der Waals surface area contributed by atoms with Crippen LogP contribution in [-0.2, 0) is 0 Å². The van der Waals surface area contributed by atoms with E-state index in [2.05, 4.69) is 59.4 Å². The lowest BCUT2D eigenvalue weighted by atomic mass is 10.0. The van der Waals surface area contributed by atoms with Crippen molar-refractivity contribution in [1.29, 1.82) is 0 Å². The predicted octanol–water partition coefficient (Wildman–Crippen LogP) is 5.74. The van der Waals surface area contributed by atoms with Gasteiger partial charge in [0.05, 0.1) is 11.0 Å². The highest BCUT2D eigenvalue weighted by Crippen LogP contribution is 2.25. The van der Waals surface area contributed by atoms with E-state index in [0.717, 1.165) is 22.7 Å². The maximum Gasteiger partial charge on any atom is 0.168 e. The number of para-hydroxylation sites is 1. The quantitative estimate of drug-likeness (QED) is 0.286. The molecule has 3 nitrogen and oxygen atoms in total. The fraction of sp³-hybridized carbons (Fsp3) is 0.0417. The van der Waals surface area contributed by atoms with Crippen molar-refractivity contribution < 1.29 is 4.79 Å². The van der Waals surface area contributed by atoms with Crippen molar-refractivity contribution in [2.45, 2.75) is 6.92 Å². The van der Waals surface area contributed by atoms with E-state index in [9.17, 15) is 4.79 Å². The molecular weight excluding hydrogens is 332 g/mol. The number of fused-ring (bicyclic) bond motifs is 4. The third kappa shape index (κ3) is 3.40. The minimum Gasteiger partial charge on any atom is -0.296 e. The Bertz CT molecular complexity index is 1260. The molecule has 0 saturated carbocycles. The van der Waals surface area contributed by atoms with E-state index in [1.54, 1.807) is 6.07 Å². The fourth-order valence-corrected chi connectivity index (χ4v) is 3.17. The van der Waals surface area contributed by atoms with Gasteiger partial charge in [-0.25, -0.2) is 4.98 Å². The number of rotatable bonds is 1. The van der Waals surface area contributed by atoms with Crippen molar-refractivity contribution in [3.63, 3.8) is 0 Å². The normalized spacial score (nSPS) is 10.6. The van der Waals surface area contributed by atoms with Crippen LogP contribution in [-0.4, -0.2) is 16.3 Å². The zero-order chi connectivity index (χ0) is 18.6. The number of carbonyl (C=O) groups is 1. The zero-order valence-corrected chi connectivity index (χ0v) is 15.0. The molecule has 0 radical (unpaired) electrons. The van der Waals surface area contributed by atoms with Crippen LogP contribution >= 0.6 is 0 Å². The average Bonchev–Trinajstić information content (AvgIpc) is 2.74. The molecule has 0 aliphatic rings. The Morgan fingerprint density at radius 2 is 1.48 bits per heavy atom. The Morgan fingerprint density at radius 3 is 2.33 bits per heavy atom. The molecule has 2 heterocycles. The molecule has 0 amide bonds. The fourth-order valence-electron chi connectivity index (χ4n) is 3.17. The van der Waals surface area contributed by atoms with Gasteiger partial charge in [0.1, 0.15) is 5.69 Å². The molecule has 5 rings (SSSR count). The molecule has 0 aliphatic heterocycles. The number of nitrogens with zero attached hydrogens (tertiary/aromatic N) is 2. The van der Waals surface area contributed by atoms with E-state index in [1.165, 1.54) is 21.7 Å². The molecular formula is C24H18N2O. The third-order valence-electron chi connectivity index (χ3n) is 4.59. The third-order valence-corrected chi connectivity index (χ3v) is 4.59. The summed E-state index contributed by atoms with van der Waals surface area (Å²) in [5, 5.41) is 4.79. The summed E-state index contributed by atoms with van der Waals surface area (Å²) in [6.07, 6.45) is 2.64. The molecule has 0 saturated heterocycles. The molecule has 0 N–H and O–H groups in total. The molecule has 0 unspecified atom stereocenters. The first-order valence-electron chi connectivity index (χ1n) is 8.80. The lowest BCUT2D eigenvalue weighted by Gasteiger charge is -2.04. The highest BCUT2D eigenvalue weighted by Gasteiger charge is 2.02. The summed E-state index contributed by atoms with van der Waals surface area (Å²) in [5.74, 6) is 0. The van der Waals surface area contributed by atoms with Crippen LogP contribution in [0.25, 0.3) is 32.6 Å². The summed E-state index contributed by atoms with van der Waals surface area (Å²) in [4.78, 5) is 19.0. The van der Waals surface area contributed by atoms with Crippen LogP contribution in [0.15, 0.2) is 85.1 Å². The summed E-state index contributed by atoms with van der Waals surface area (Å²) < 4.78 is 0. The van der Waals surface area contributed by atoms with E-state index in [-0.39, 0.29) is 0 Å². The minimum absolute atomic E-state index is 0.480. The maximum absolute atomic E-state index is 10.4. The number of aromatic nitrogens is 2. The Morgan fingerprint density at radius 1 is 0.741 bits per heavy atom. The predicted molar refractivity (Wildman–Crippen MR) is 111 cm³/mol. The number of pyridine rings is 2. The van der Waals surface area contributed by atoms with Crippen molar-refractivity contribution in [2.24, 2.45) is 0 Å². The average molecular weight is 350 g/mol. The number of hydrogen-bond donors (Lipinski definition) is 0. The lowest BCUT2D eigenvalue weighted by Crippen LogP contribution is -1.85. The first-order valence-corrected chi connectivity index (χ1v) is 8.80. The van der Waals surface area contributed by atoms with E-state index >= 15 is 0 Å². The Kier molecular flexibility index (Phi) is 4.58. The molecule has 3 heteroatoms. The zero-order valence-electron chi connectivity index (χ0n) is 15.0. The summed E-state index contributed by atoms with van der Waals surface area (Å²) in [5.41, 5.74) is 3.73. The number of carbonyl (C=O) groups excluding carboxylic acids is 1. The van der Waals surface area contributed by atoms with Crippen molar-refractivity contribution in [3.05, 3.63) is 96.3 Å². The van der Waals surface area contributed by atoms with Crippen LogP contribution in [0.3, 0.4) is 0 Å². The molecule has 2 aromatic heterocycles. The number of aldehydes is 1. The SMILES string of the molecule is Cc1ccnc2c1ccc1ccccc12.O=Cc1ccc2ccccc2n1. The molecule has 0 spiro atoms. The van der Waals surface area contributed by atoms with Gasteiger partial charge >= 0.3 is 0 Å². The van der Waals surface area contributed by atoms with E-state index in [1.807, 2.05) is 36.5 Å². The van der Waals surface area contributed by atoms with Gasteiger partial charge in [-0.2, -0.15) is 0 Å². The number of benzene rings is 3. The van der Waals surface area contributed by atoms with Crippen LogP contribution in [0.5, 0.6) is 0 Å². The molecule has 0 atom stereocenters. The van der Waals surface area contributed by atoms with E-state index in [0.29, 0.717) is 5.69 Å². The van der Waals surface area contributed by atoms with Gasteiger partial charge in [0.2, 0.25) is 0 Å². The highest BCUT2D eigenvalue weighted by molar-refractivity contribution is 6.05. The van der Waals surface area contributed by atoms with Crippen LogP contribution in [0.1, 0.15) is 16.1 Å². The first kappa shape index (κ1) is 16.9. The Balaban J connectivity index is 0.000000137. The van der Waals surface area contributed by atoms with E-state index in [4.69, 9.17) is 0 Å². The second kappa shape index (κ2) is 7.34. The van der Waals surface area contributed by atoms with Crippen molar-refractivity contribution in [1.82, 2.24) is 9.97 Å². The Labute approximate surface area is 157 Å². The molecule has 130 valence electrons. The summed E-state index contributed by atoms with van der Waals surface area (Å²) in [6.45, 7) is 2.12. The lowest BCUT2D eigenvalue weighted by molar-refractivity contribution is 0.111. The molecule has 0 bridgehead atoms. The standard InChI is InChI=1S/C14H11N.C10H7NO/c1-10-8-9-15-14-12(10)7-6-11-4-2-3-5-13(11)14;12-7-9-6-5-8-3-1-2-4-10(8)11-9/h2-9H,1H3;1-7H. The monoisotopic (exact) mass is 350 g/mol. The van der Waals surface area contributed by atoms with Crippen LogP contribution in [0.4, 0.5) is 0 Å². The largest absolute Gasteiger partial charge is 0.296 e. The first-order chi connectivity index (χ1) is 13.3. The second-order valence-electron chi connectivity index (χ2n) is 6.36. The topological polar surface area (TPSA) is 42.9 Å². The number of hydrogen-bond acceptors (Lipinski definition) is 3. The summed E-state index contributed by atoms with van der Waals surface area (Å²) >= 11 is 0. The molecule has 0 fully saturated rings. The van der Waals surface area contributed by atoms with Gasteiger partial charge in [-0.15, -0.1) is 0 Å². The van der Waals surface area contributed by atoms with Gasteiger partial charge < -0.3 is 0 Å². The van der Waals surface area contributed by atoms with Gasteiger partial charge in [-0.05, 0) is 36.1 Å². The number of aryl methyl sites for hydroxylation is 1. The molecule has 3 aromatic carbocycles. The van der Waals surface area contributed by atoms with Crippen molar-refractivity contribution in [2.75, 3.05) is 0 Å². The molecule has 27 heavy (non-hydrogen) atoms. The Hall–Kier alpha value is -3.59. The molecule has 5 aromatic rings.